The van der Waals surface area contributed by atoms with Crippen LogP contribution < -0.4 is 0 Å². The molecule has 0 amide bonds. The first-order valence-corrected chi connectivity index (χ1v) is 10.8. The number of rotatable bonds is 6. The molecule has 5 heteroatoms. The zero-order chi connectivity index (χ0) is 22.2. The van der Waals surface area contributed by atoms with E-state index in [1.54, 1.807) is 5.40 Å². The predicted molar refractivity (Wildman–Crippen MR) is 119 cm³/mol. The van der Waals surface area contributed by atoms with Crippen molar-refractivity contribution in [3.8, 4) is 28.4 Å². The fourth-order valence-corrected chi connectivity index (χ4v) is 3.58. The van der Waals surface area contributed by atoms with Crippen LogP contribution in [-0.2, 0) is 6.42 Å². The van der Waals surface area contributed by atoms with Gasteiger partial charge < -0.3 is 0 Å². The number of hydrogen-bond donors (Lipinski definition) is 0. The van der Waals surface area contributed by atoms with Crippen LogP contribution in [0.15, 0.2) is 59.5 Å². The molecule has 156 valence electrons. The number of halogens is 3. The van der Waals surface area contributed by atoms with Crippen molar-refractivity contribution in [3.05, 3.63) is 88.7 Å². The van der Waals surface area contributed by atoms with Crippen LogP contribution in [0, 0.1) is 40.0 Å². The van der Waals surface area contributed by atoms with Crippen molar-refractivity contribution in [2.45, 2.75) is 37.5 Å². The molecule has 0 saturated carbocycles. The predicted octanol–water partition coefficient (Wildman–Crippen LogP) is 7.48. The number of nitrogens with zero attached hydrogens (tertiary/aromatic N) is 1. The van der Waals surface area contributed by atoms with Gasteiger partial charge in [-0.05, 0) is 72.1 Å². The van der Waals surface area contributed by atoms with Gasteiger partial charge in [-0.25, -0.2) is 13.2 Å². The second-order valence-corrected chi connectivity index (χ2v) is 7.88. The van der Waals surface area contributed by atoms with E-state index in [0.29, 0.717) is 11.8 Å². The monoisotopic (exact) mass is 435 g/mol. The molecule has 0 atom stereocenters. The van der Waals surface area contributed by atoms with Crippen LogP contribution in [0.4, 0.5) is 13.2 Å². The van der Waals surface area contributed by atoms with E-state index in [0.717, 1.165) is 36.6 Å². The normalized spacial score (nSPS) is 10.3. The highest BCUT2D eigenvalue weighted by molar-refractivity contribution is 8.03. The molecule has 3 aromatic carbocycles. The van der Waals surface area contributed by atoms with Gasteiger partial charge >= 0.3 is 0 Å². The lowest BCUT2D eigenvalue weighted by Gasteiger charge is -2.07. The molecule has 0 saturated heterocycles. The Labute approximate surface area is 184 Å². The molecule has 3 aromatic rings. The third-order valence-electron chi connectivity index (χ3n) is 4.79. The highest BCUT2D eigenvalue weighted by Crippen LogP contribution is 2.31. The van der Waals surface area contributed by atoms with E-state index in [1.807, 2.05) is 24.3 Å². The molecule has 31 heavy (non-hydrogen) atoms. The lowest BCUT2D eigenvalue weighted by Crippen LogP contribution is -1.94. The van der Waals surface area contributed by atoms with Gasteiger partial charge in [-0.15, -0.1) is 0 Å². The summed E-state index contributed by atoms with van der Waals surface area (Å²) < 4.78 is 43.3. The maximum absolute atomic E-state index is 14.6. The first-order chi connectivity index (χ1) is 15.0. The number of thioether (sulfide) groups is 1. The first-order valence-electron chi connectivity index (χ1n) is 9.97. The summed E-state index contributed by atoms with van der Waals surface area (Å²) in [6.45, 7) is 2.17. The number of benzene rings is 3. The minimum atomic E-state index is -0.823. The average molecular weight is 436 g/mol. The quantitative estimate of drug-likeness (QED) is 0.173. The summed E-state index contributed by atoms with van der Waals surface area (Å²) >= 11 is 0.651. The summed E-state index contributed by atoms with van der Waals surface area (Å²) in [5.74, 6) is 3.36. The lowest BCUT2D eigenvalue weighted by atomic mass is 10.0. The van der Waals surface area contributed by atoms with Crippen molar-refractivity contribution in [2.24, 2.45) is 0 Å². The van der Waals surface area contributed by atoms with E-state index in [1.165, 1.54) is 30.5 Å². The highest BCUT2D eigenvalue weighted by atomic mass is 32.2. The zero-order valence-corrected chi connectivity index (χ0v) is 17.8. The van der Waals surface area contributed by atoms with Crippen LogP contribution in [0.25, 0.3) is 11.1 Å². The molecule has 0 unspecified atom stereocenters. The maximum atomic E-state index is 14.6. The van der Waals surface area contributed by atoms with Crippen LogP contribution in [-0.4, -0.2) is 0 Å². The van der Waals surface area contributed by atoms with E-state index in [4.69, 9.17) is 5.26 Å². The summed E-state index contributed by atoms with van der Waals surface area (Å²) in [6, 6.07) is 13.9. The third-order valence-corrected chi connectivity index (χ3v) is 5.43. The molecule has 0 bridgehead atoms. The second-order valence-electron chi connectivity index (χ2n) is 7.06. The van der Waals surface area contributed by atoms with Crippen molar-refractivity contribution >= 4 is 11.8 Å². The second kappa shape index (κ2) is 10.8. The van der Waals surface area contributed by atoms with Crippen LogP contribution in [0.1, 0.15) is 42.9 Å². The van der Waals surface area contributed by atoms with Gasteiger partial charge in [0, 0.05) is 11.1 Å². The lowest BCUT2D eigenvalue weighted by molar-refractivity contribution is 0.586. The summed E-state index contributed by atoms with van der Waals surface area (Å²) in [5, 5.41) is 10.4. The molecule has 0 heterocycles. The van der Waals surface area contributed by atoms with Gasteiger partial charge in [-0.3, -0.25) is 0 Å². The number of thiocyanates is 1. The Morgan fingerprint density at radius 1 is 0.806 bits per heavy atom. The van der Waals surface area contributed by atoms with Gasteiger partial charge in [0.1, 0.15) is 22.9 Å². The molecule has 0 aliphatic rings. The number of unbranched alkanes of at least 4 members (excludes halogenated alkanes) is 2. The number of aryl methyl sites for hydroxylation is 1. The molecule has 3 rings (SSSR count). The Hall–Kier alpha value is -3.15. The number of hydrogen-bond acceptors (Lipinski definition) is 2. The van der Waals surface area contributed by atoms with Gasteiger partial charge in [-0.1, -0.05) is 49.8 Å². The Morgan fingerprint density at radius 3 is 2.10 bits per heavy atom. The third kappa shape index (κ3) is 5.94. The molecule has 0 aliphatic carbocycles. The van der Waals surface area contributed by atoms with Gasteiger partial charge in [0.15, 0.2) is 0 Å². The maximum Gasteiger partial charge on any atom is 0.138 e. The Balaban J connectivity index is 1.80. The van der Waals surface area contributed by atoms with Gasteiger partial charge in [0.05, 0.1) is 10.5 Å². The van der Waals surface area contributed by atoms with Crippen molar-refractivity contribution in [1.82, 2.24) is 0 Å². The molecule has 0 N–H and O–H groups in total. The smallest absolute Gasteiger partial charge is 0.138 e. The Morgan fingerprint density at radius 2 is 1.48 bits per heavy atom. The molecule has 1 nitrogen and oxygen atoms in total. The fourth-order valence-electron chi connectivity index (χ4n) is 3.19. The number of nitriles is 1. The van der Waals surface area contributed by atoms with Gasteiger partial charge in [-0.2, -0.15) is 5.26 Å². The highest BCUT2D eigenvalue weighted by Gasteiger charge is 2.15. The van der Waals surface area contributed by atoms with E-state index in [-0.39, 0.29) is 21.6 Å². The Bertz CT molecular complexity index is 1140. The van der Waals surface area contributed by atoms with E-state index in [2.05, 4.69) is 18.8 Å². The summed E-state index contributed by atoms with van der Waals surface area (Å²) in [6.07, 6.45) is 4.55. The largest absolute Gasteiger partial charge is 0.206 e. The average Bonchev–Trinajstić information content (AvgIpc) is 2.75. The first kappa shape index (κ1) is 22.5. The molecular formula is C26H20F3NS. The molecular weight excluding hydrogens is 415 g/mol. The molecule has 0 fully saturated rings. The van der Waals surface area contributed by atoms with Crippen LogP contribution in [0.5, 0.6) is 0 Å². The summed E-state index contributed by atoms with van der Waals surface area (Å²) in [7, 11) is 0. The minimum absolute atomic E-state index is 0.0629. The summed E-state index contributed by atoms with van der Waals surface area (Å²) in [5.41, 5.74) is 1.94. The summed E-state index contributed by atoms with van der Waals surface area (Å²) in [4.78, 5) is 0.103. The molecule has 0 aromatic heterocycles. The molecule has 0 spiro atoms. The van der Waals surface area contributed by atoms with Crippen molar-refractivity contribution < 1.29 is 13.2 Å². The van der Waals surface area contributed by atoms with E-state index in [9.17, 15) is 13.2 Å². The topological polar surface area (TPSA) is 23.8 Å². The van der Waals surface area contributed by atoms with Crippen LogP contribution in [0.3, 0.4) is 0 Å². The van der Waals surface area contributed by atoms with Crippen molar-refractivity contribution in [1.29, 1.82) is 5.26 Å². The van der Waals surface area contributed by atoms with E-state index >= 15 is 0 Å². The van der Waals surface area contributed by atoms with Crippen molar-refractivity contribution in [3.63, 3.8) is 0 Å². The Kier molecular flexibility index (Phi) is 7.82. The van der Waals surface area contributed by atoms with Crippen LogP contribution in [0.2, 0.25) is 0 Å². The minimum Gasteiger partial charge on any atom is -0.206 e. The molecule has 0 aliphatic heterocycles. The van der Waals surface area contributed by atoms with Gasteiger partial charge in [0.2, 0.25) is 0 Å². The fraction of sp³-hybridized carbons (Fsp3) is 0.192. The molecule has 0 radical (unpaired) electrons. The zero-order valence-electron chi connectivity index (χ0n) is 17.0. The van der Waals surface area contributed by atoms with Crippen LogP contribution >= 0.6 is 11.8 Å². The van der Waals surface area contributed by atoms with Gasteiger partial charge in [0.25, 0.3) is 0 Å². The standard InChI is InChI=1S/C26H20F3NS/c1-2-3-4-5-18-6-8-19(9-7-18)10-11-20-14-23(28)26(24(29)15-20)21-12-13-25(31-17-30)22(27)16-21/h6-9,12-16H,2-5H2,1H3. The van der Waals surface area contributed by atoms with Crippen molar-refractivity contribution in [2.75, 3.05) is 0 Å². The SMILES string of the molecule is CCCCCc1ccc(C#Cc2cc(F)c(-c3ccc(SC#N)c(F)c3)c(F)c2)cc1. The van der Waals surface area contributed by atoms with E-state index < -0.39 is 17.5 Å².